The third-order valence-electron chi connectivity index (χ3n) is 6.04. The van der Waals surface area contributed by atoms with E-state index < -0.39 is 39.0 Å². The Morgan fingerprint density at radius 2 is 1.88 bits per heavy atom. The maximum atomic E-state index is 13.2. The normalized spacial score (nSPS) is 19.4. The largest absolute Gasteiger partial charge is 0.481 e. The van der Waals surface area contributed by atoms with Crippen LogP contribution < -0.4 is 15.4 Å². The van der Waals surface area contributed by atoms with E-state index in [0.29, 0.717) is 45.1 Å². The SMILES string of the molecule is CC#CCOc1ccc(S(=O)(=O)CC2(C(=O)NC(=O)C(O)N3CCOCC3)CCNCC2)cc1. The highest BCUT2D eigenvalue weighted by Gasteiger charge is 2.45. The van der Waals surface area contributed by atoms with Crippen LogP contribution in [0.15, 0.2) is 29.2 Å². The summed E-state index contributed by atoms with van der Waals surface area (Å²) in [6.45, 7) is 4.24. The van der Waals surface area contributed by atoms with E-state index in [4.69, 9.17) is 9.47 Å². The van der Waals surface area contributed by atoms with Gasteiger partial charge in [0.2, 0.25) is 5.91 Å². The van der Waals surface area contributed by atoms with E-state index in [9.17, 15) is 23.1 Å². The number of nitrogens with one attached hydrogen (secondary N) is 2. The molecule has 2 fully saturated rings. The second kappa shape index (κ2) is 11.8. The summed E-state index contributed by atoms with van der Waals surface area (Å²) < 4.78 is 37.1. The Morgan fingerprint density at radius 3 is 2.50 bits per heavy atom. The van der Waals surface area contributed by atoms with Gasteiger partial charge in [-0.15, -0.1) is 5.92 Å². The van der Waals surface area contributed by atoms with Crippen LogP contribution in [-0.2, 0) is 24.2 Å². The number of amides is 2. The highest BCUT2D eigenvalue weighted by molar-refractivity contribution is 7.91. The lowest BCUT2D eigenvalue weighted by Gasteiger charge is -2.36. The summed E-state index contributed by atoms with van der Waals surface area (Å²) in [5, 5.41) is 15.7. The molecule has 186 valence electrons. The number of aliphatic hydroxyl groups is 1. The second-order valence-electron chi connectivity index (χ2n) is 8.32. The van der Waals surface area contributed by atoms with Crippen LogP contribution in [-0.4, -0.2) is 88.2 Å². The Kier molecular flexibility index (Phi) is 9.04. The highest BCUT2D eigenvalue weighted by atomic mass is 32.2. The number of piperidine rings is 1. The Labute approximate surface area is 199 Å². The number of sulfone groups is 1. The molecule has 3 rings (SSSR count). The minimum absolute atomic E-state index is 0.0619. The van der Waals surface area contributed by atoms with Crippen molar-refractivity contribution in [1.82, 2.24) is 15.5 Å². The molecule has 34 heavy (non-hydrogen) atoms. The van der Waals surface area contributed by atoms with Crippen molar-refractivity contribution in [1.29, 1.82) is 0 Å². The summed E-state index contributed by atoms with van der Waals surface area (Å²) >= 11 is 0. The number of hydrogen-bond donors (Lipinski definition) is 3. The van der Waals surface area contributed by atoms with Crippen molar-refractivity contribution in [3.05, 3.63) is 24.3 Å². The minimum atomic E-state index is -3.85. The lowest BCUT2D eigenvalue weighted by molar-refractivity contribution is -0.150. The average Bonchev–Trinajstić information content (AvgIpc) is 2.85. The number of carbonyl (C=O) groups excluding carboxylic acids is 2. The number of ether oxygens (including phenoxy) is 2. The number of carbonyl (C=O) groups is 2. The van der Waals surface area contributed by atoms with Crippen molar-refractivity contribution >= 4 is 21.7 Å². The van der Waals surface area contributed by atoms with Crippen molar-refractivity contribution in [2.45, 2.75) is 30.9 Å². The lowest BCUT2D eigenvalue weighted by atomic mass is 9.80. The number of nitrogens with zero attached hydrogens (tertiary/aromatic N) is 1. The summed E-state index contributed by atoms with van der Waals surface area (Å²) in [4.78, 5) is 27.4. The van der Waals surface area contributed by atoms with Crippen LogP contribution in [0, 0.1) is 17.3 Å². The standard InChI is InChI=1S/C23H31N3O7S/c1-2-3-14-33-18-4-6-19(7-5-18)34(30,31)17-23(8-10-24-11-9-23)22(29)25-20(27)21(28)26-12-15-32-16-13-26/h4-7,21,24,28H,8-17H2,1H3,(H,25,27,29). The van der Waals surface area contributed by atoms with Crippen molar-refractivity contribution in [2.75, 3.05) is 51.8 Å². The first-order valence-corrected chi connectivity index (χ1v) is 12.8. The maximum absolute atomic E-state index is 13.2. The van der Waals surface area contributed by atoms with E-state index in [-0.39, 0.29) is 24.3 Å². The molecule has 10 nitrogen and oxygen atoms in total. The van der Waals surface area contributed by atoms with E-state index in [1.54, 1.807) is 19.1 Å². The first kappa shape index (κ1) is 26.1. The molecule has 1 aromatic rings. The molecule has 2 aliphatic rings. The Balaban J connectivity index is 1.72. The highest BCUT2D eigenvalue weighted by Crippen LogP contribution is 2.33. The Morgan fingerprint density at radius 1 is 1.24 bits per heavy atom. The van der Waals surface area contributed by atoms with Crippen LogP contribution in [0.3, 0.4) is 0 Å². The van der Waals surface area contributed by atoms with Crippen molar-refractivity contribution in [3.63, 3.8) is 0 Å². The summed E-state index contributed by atoms with van der Waals surface area (Å²) in [5.41, 5.74) is -1.30. The van der Waals surface area contributed by atoms with Gasteiger partial charge in [-0.2, -0.15) is 0 Å². The van der Waals surface area contributed by atoms with Gasteiger partial charge in [-0.3, -0.25) is 19.8 Å². The molecular formula is C23H31N3O7S. The predicted octanol–water partition coefficient (Wildman–Crippen LogP) is -0.474. The summed E-state index contributed by atoms with van der Waals surface area (Å²) in [6.07, 6.45) is -1.01. The molecular weight excluding hydrogens is 462 g/mol. The summed E-state index contributed by atoms with van der Waals surface area (Å²) in [5.74, 6) is 3.96. The van der Waals surface area contributed by atoms with Gasteiger partial charge < -0.3 is 19.9 Å². The third-order valence-corrected chi connectivity index (χ3v) is 7.97. The van der Waals surface area contributed by atoms with Gasteiger partial charge in [0.15, 0.2) is 16.1 Å². The number of rotatable bonds is 8. The molecule has 0 aliphatic carbocycles. The van der Waals surface area contributed by atoms with Gasteiger partial charge in [0, 0.05) is 13.1 Å². The quantitative estimate of drug-likeness (QED) is 0.411. The third kappa shape index (κ3) is 6.55. The zero-order valence-electron chi connectivity index (χ0n) is 19.2. The number of aliphatic hydroxyl groups excluding tert-OH is 1. The fourth-order valence-corrected chi connectivity index (χ4v) is 5.89. The van der Waals surface area contributed by atoms with Crippen LogP contribution in [0.25, 0.3) is 0 Å². The fourth-order valence-electron chi connectivity index (χ4n) is 4.02. The molecule has 0 spiro atoms. The van der Waals surface area contributed by atoms with Gasteiger partial charge in [-0.05, 0) is 57.1 Å². The zero-order valence-corrected chi connectivity index (χ0v) is 20.0. The molecule has 0 aromatic heterocycles. The number of hydrogen-bond acceptors (Lipinski definition) is 9. The molecule has 1 atom stereocenters. The number of benzene rings is 1. The van der Waals surface area contributed by atoms with Gasteiger partial charge in [-0.25, -0.2) is 8.42 Å². The van der Waals surface area contributed by atoms with E-state index in [1.165, 1.54) is 17.0 Å². The minimum Gasteiger partial charge on any atom is -0.481 e. The molecule has 3 N–H and O–H groups in total. The maximum Gasteiger partial charge on any atom is 0.270 e. The van der Waals surface area contributed by atoms with Gasteiger partial charge in [0.25, 0.3) is 5.91 Å². The lowest BCUT2D eigenvalue weighted by Crippen LogP contribution is -2.57. The smallest absolute Gasteiger partial charge is 0.270 e. The summed E-state index contributed by atoms with van der Waals surface area (Å²) in [7, 11) is -3.85. The van der Waals surface area contributed by atoms with E-state index in [1.807, 2.05) is 0 Å². The van der Waals surface area contributed by atoms with Crippen LogP contribution in [0.5, 0.6) is 5.75 Å². The average molecular weight is 494 g/mol. The van der Waals surface area contributed by atoms with Crippen LogP contribution in [0.4, 0.5) is 0 Å². The first-order chi connectivity index (χ1) is 16.3. The molecule has 0 bridgehead atoms. The van der Waals surface area contributed by atoms with Gasteiger partial charge >= 0.3 is 0 Å². The van der Waals surface area contributed by atoms with E-state index >= 15 is 0 Å². The monoisotopic (exact) mass is 493 g/mol. The van der Waals surface area contributed by atoms with Gasteiger partial charge in [-0.1, -0.05) is 5.92 Å². The molecule has 0 saturated carbocycles. The molecule has 2 amide bonds. The molecule has 2 saturated heterocycles. The summed E-state index contributed by atoms with van der Waals surface area (Å²) in [6, 6.07) is 5.96. The zero-order chi connectivity index (χ0) is 24.6. The molecule has 0 radical (unpaired) electrons. The Bertz CT molecular complexity index is 1020. The van der Waals surface area contributed by atoms with Crippen LogP contribution in [0.2, 0.25) is 0 Å². The molecule has 2 heterocycles. The molecule has 1 unspecified atom stereocenters. The van der Waals surface area contributed by atoms with Gasteiger partial charge in [0.05, 0.1) is 29.3 Å². The fraction of sp³-hybridized carbons (Fsp3) is 0.565. The first-order valence-electron chi connectivity index (χ1n) is 11.2. The molecule has 2 aliphatic heterocycles. The Hall–Kier alpha value is -2.49. The predicted molar refractivity (Wildman–Crippen MR) is 124 cm³/mol. The number of morpholine rings is 1. The van der Waals surface area contributed by atoms with Crippen LogP contribution in [0.1, 0.15) is 19.8 Å². The van der Waals surface area contributed by atoms with E-state index in [0.717, 1.165) is 0 Å². The second-order valence-corrected chi connectivity index (χ2v) is 10.3. The number of imide groups is 1. The van der Waals surface area contributed by atoms with Crippen molar-refractivity contribution in [2.24, 2.45) is 5.41 Å². The van der Waals surface area contributed by atoms with Gasteiger partial charge in [0.1, 0.15) is 12.4 Å². The molecule has 11 heteroatoms. The topological polar surface area (TPSA) is 134 Å². The van der Waals surface area contributed by atoms with Crippen LogP contribution >= 0.6 is 0 Å². The molecule has 1 aromatic carbocycles. The van der Waals surface area contributed by atoms with E-state index in [2.05, 4.69) is 22.5 Å². The van der Waals surface area contributed by atoms with Crippen molar-refractivity contribution < 1.29 is 32.6 Å². The van der Waals surface area contributed by atoms with Crippen molar-refractivity contribution in [3.8, 4) is 17.6 Å².